The van der Waals surface area contributed by atoms with Gasteiger partial charge in [0.1, 0.15) is 6.29 Å². The fourth-order valence-electron chi connectivity index (χ4n) is 1.56. The number of aldehydes is 1. The zero-order valence-electron chi connectivity index (χ0n) is 9.49. The summed E-state index contributed by atoms with van der Waals surface area (Å²) in [5, 5.41) is 11.6. The minimum Gasteiger partial charge on any atom is -0.384 e. The van der Waals surface area contributed by atoms with Crippen LogP contribution in [0.15, 0.2) is 18.2 Å². The zero-order chi connectivity index (χ0) is 11.8. The quantitative estimate of drug-likeness (QED) is 0.587. The Bertz CT molecular complexity index is 393. The summed E-state index contributed by atoms with van der Waals surface area (Å²) in [5.41, 5.74) is 3.42. The zero-order valence-corrected chi connectivity index (χ0v) is 9.49. The topological polar surface area (TPSA) is 52.9 Å². The van der Waals surface area contributed by atoms with Crippen LogP contribution >= 0.6 is 0 Å². The van der Waals surface area contributed by atoms with Crippen LogP contribution in [-0.2, 0) is 11.2 Å². The number of hydrogen-bond acceptors (Lipinski definition) is 3. The summed E-state index contributed by atoms with van der Waals surface area (Å²) >= 11 is 0. The number of carbonyl (C=O) groups excluding carboxylic acids is 1. The van der Waals surface area contributed by atoms with Crippen molar-refractivity contribution in [3.8, 4) is 6.07 Å². The Hall–Kier alpha value is -1.82. The van der Waals surface area contributed by atoms with Crippen LogP contribution in [0.2, 0.25) is 0 Å². The molecule has 84 valence electrons. The molecule has 0 aliphatic heterocycles. The monoisotopic (exact) mass is 216 g/mol. The molecule has 0 aromatic heterocycles. The Morgan fingerprint density at radius 2 is 2.31 bits per heavy atom. The molecule has 3 nitrogen and oxygen atoms in total. The third-order valence-electron chi connectivity index (χ3n) is 2.44. The maximum Gasteiger partial charge on any atom is 0.120 e. The van der Waals surface area contributed by atoms with Gasteiger partial charge in [-0.1, -0.05) is 6.07 Å². The molecule has 1 aromatic carbocycles. The summed E-state index contributed by atoms with van der Waals surface area (Å²) < 4.78 is 0. The second kappa shape index (κ2) is 6.62. The molecule has 0 saturated carbocycles. The van der Waals surface area contributed by atoms with Gasteiger partial charge in [-0.15, -0.1) is 0 Å². The number of nitrogens with zero attached hydrogens (tertiary/aromatic N) is 1. The Morgan fingerprint density at radius 3 is 2.94 bits per heavy atom. The first-order valence-electron chi connectivity index (χ1n) is 5.42. The van der Waals surface area contributed by atoms with Crippen molar-refractivity contribution in [1.82, 2.24) is 0 Å². The van der Waals surface area contributed by atoms with E-state index in [9.17, 15) is 4.79 Å². The van der Waals surface area contributed by atoms with E-state index in [4.69, 9.17) is 5.26 Å². The van der Waals surface area contributed by atoms with Gasteiger partial charge < -0.3 is 10.1 Å². The third kappa shape index (κ3) is 3.74. The predicted molar refractivity (Wildman–Crippen MR) is 64.3 cm³/mol. The van der Waals surface area contributed by atoms with Crippen LogP contribution in [0.5, 0.6) is 0 Å². The molecule has 0 amide bonds. The van der Waals surface area contributed by atoms with E-state index < -0.39 is 0 Å². The van der Waals surface area contributed by atoms with Gasteiger partial charge in [0.15, 0.2) is 0 Å². The molecule has 0 saturated heterocycles. The smallest absolute Gasteiger partial charge is 0.120 e. The number of hydrogen-bond donors (Lipinski definition) is 1. The largest absolute Gasteiger partial charge is 0.384 e. The number of nitriles is 1. The van der Waals surface area contributed by atoms with Gasteiger partial charge in [0.25, 0.3) is 0 Å². The molecule has 0 fully saturated rings. The van der Waals surface area contributed by atoms with Crippen LogP contribution in [0.1, 0.15) is 24.0 Å². The summed E-state index contributed by atoms with van der Waals surface area (Å²) in [4.78, 5) is 10.3. The molecular formula is C13H16N2O. The molecule has 0 aliphatic rings. The highest BCUT2D eigenvalue weighted by Crippen LogP contribution is 2.16. The maximum absolute atomic E-state index is 10.3. The molecule has 0 aliphatic carbocycles. The Morgan fingerprint density at radius 1 is 1.50 bits per heavy atom. The molecule has 3 heteroatoms. The number of aryl methyl sites for hydroxylation is 2. The van der Waals surface area contributed by atoms with E-state index in [0.29, 0.717) is 19.4 Å². The standard InChI is InChI=1S/C13H16N2O/c1-11-10-13(15-8-3-7-14)6-5-12(11)4-2-9-16/h5-6,9-10,15H,2-4,8H2,1H3. The van der Waals surface area contributed by atoms with Crippen LogP contribution < -0.4 is 5.32 Å². The van der Waals surface area contributed by atoms with E-state index in [1.165, 1.54) is 11.1 Å². The number of rotatable bonds is 6. The lowest BCUT2D eigenvalue weighted by molar-refractivity contribution is -0.107. The van der Waals surface area contributed by atoms with Gasteiger partial charge in [0.2, 0.25) is 0 Å². The molecule has 0 bridgehead atoms. The first kappa shape index (κ1) is 12.3. The van der Waals surface area contributed by atoms with Crippen molar-refractivity contribution in [1.29, 1.82) is 5.26 Å². The molecule has 1 N–H and O–H groups in total. The van der Waals surface area contributed by atoms with E-state index in [1.807, 2.05) is 19.1 Å². The summed E-state index contributed by atoms with van der Waals surface area (Å²) in [5.74, 6) is 0. The molecule has 1 rings (SSSR count). The van der Waals surface area contributed by atoms with Crippen LogP contribution in [0, 0.1) is 18.3 Å². The predicted octanol–water partition coefficient (Wildman–Crippen LogP) is 2.45. The summed E-state index contributed by atoms with van der Waals surface area (Å²) in [6.45, 7) is 2.71. The van der Waals surface area contributed by atoms with Crippen LogP contribution in [0.25, 0.3) is 0 Å². The van der Waals surface area contributed by atoms with Gasteiger partial charge in [-0.05, 0) is 36.6 Å². The molecule has 0 radical (unpaired) electrons. The Labute approximate surface area is 96.1 Å². The van der Waals surface area contributed by atoms with Crippen LogP contribution in [-0.4, -0.2) is 12.8 Å². The molecule has 16 heavy (non-hydrogen) atoms. The van der Waals surface area contributed by atoms with Crippen molar-refractivity contribution in [2.75, 3.05) is 11.9 Å². The summed E-state index contributed by atoms with van der Waals surface area (Å²) in [6, 6.07) is 8.17. The highest BCUT2D eigenvalue weighted by molar-refractivity contribution is 5.52. The van der Waals surface area contributed by atoms with Crippen LogP contribution in [0.3, 0.4) is 0 Å². The third-order valence-corrected chi connectivity index (χ3v) is 2.44. The van der Waals surface area contributed by atoms with Gasteiger partial charge >= 0.3 is 0 Å². The van der Waals surface area contributed by atoms with Gasteiger partial charge in [0.05, 0.1) is 12.5 Å². The van der Waals surface area contributed by atoms with Crippen molar-refractivity contribution in [3.63, 3.8) is 0 Å². The first-order chi connectivity index (χ1) is 7.77. The number of nitrogens with one attached hydrogen (secondary N) is 1. The first-order valence-corrected chi connectivity index (χ1v) is 5.42. The van der Waals surface area contributed by atoms with Crippen LogP contribution in [0.4, 0.5) is 5.69 Å². The average Bonchev–Trinajstić information content (AvgIpc) is 2.28. The second-order valence-corrected chi connectivity index (χ2v) is 3.68. The Kier molecular flexibility index (Phi) is 5.07. The van der Waals surface area contributed by atoms with E-state index in [1.54, 1.807) is 0 Å². The van der Waals surface area contributed by atoms with Crippen molar-refractivity contribution >= 4 is 12.0 Å². The molecular weight excluding hydrogens is 200 g/mol. The summed E-state index contributed by atoms with van der Waals surface area (Å²) in [6.07, 6.45) is 2.82. The maximum atomic E-state index is 10.3. The van der Waals surface area contributed by atoms with E-state index in [-0.39, 0.29) is 0 Å². The lowest BCUT2D eigenvalue weighted by Gasteiger charge is -2.08. The van der Waals surface area contributed by atoms with Gasteiger partial charge in [-0.2, -0.15) is 5.26 Å². The number of benzene rings is 1. The van der Waals surface area contributed by atoms with Gasteiger partial charge in [-0.3, -0.25) is 0 Å². The SMILES string of the molecule is Cc1cc(NCCC#N)ccc1CCC=O. The van der Waals surface area contributed by atoms with Crippen molar-refractivity contribution < 1.29 is 4.79 Å². The Balaban J connectivity index is 2.60. The minimum absolute atomic E-state index is 0.506. The molecule has 0 atom stereocenters. The molecule has 0 heterocycles. The number of carbonyl (C=O) groups is 1. The van der Waals surface area contributed by atoms with Crippen molar-refractivity contribution in [3.05, 3.63) is 29.3 Å². The minimum atomic E-state index is 0.506. The van der Waals surface area contributed by atoms with E-state index in [2.05, 4.69) is 17.5 Å². The van der Waals surface area contributed by atoms with E-state index in [0.717, 1.165) is 18.4 Å². The van der Waals surface area contributed by atoms with Crippen molar-refractivity contribution in [2.24, 2.45) is 0 Å². The molecule has 0 spiro atoms. The van der Waals surface area contributed by atoms with Gasteiger partial charge in [0, 0.05) is 18.7 Å². The average molecular weight is 216 g/mol. The lowest BCUT2D eigenvalue weighted by Crippen LogP contribution is -2.01. The lowest BCUT2D eigenvalue weighted by atomic mass is 10.0. The summed E-state index contributed by atoms with van der Waals surface area (Å²) in [7, 11) is 0. The fourth-order valence-corrected chi connectivity index (χ4v) is 1.56. The highest BCUT2D eigenvalue weighted by Gasteiger charge is 1.99. The fraction of sp³-hybridized carbons (Fsp3) is 0.385. The van der Waals surface area contributed by atoms with Crippen molar-refractivity contribution in [2.45, 2.75) is 26.2 Å². The molecule has 0 unspecified atom stereocenters. The van der Waals surface area contributed by atoms with Gasteiger partial charge in [-0.25, -0.2) is 0 Å². The van der Waals surface area contributed by atoms with E-state index >= 15 is 0 Å². The highest BCUT2D eigenvalue weighted by atomic mass is 16.1. The normalized spacial score (nSPS) is 9.50. The number of anilines is 1. The molecule has 1 aromatic rings. The second-order valence-electron chi connectivity index (χ2n) is 3.68.